The molecule has 9 nitrogen and oxygen atoms in total. The van der Waals surface area contributed by atoms with Gasteiger partial charge in [-0.3, -0.25) is 19.6 Å². The van der Waals surface area contributed by atoms with Gasteiger partial charge in [0.05, 0.1) is 28.2 Å². The van der Waals surface area contributed by atoms with Crippen LogP contribution in [0.3, 0.4) is 0 Å². The van der Waals surface area contributed by atoms with Crippen molar-refractivity contribution in [3.8, 4) is 5.75 Å². The zero-order chi connectivity index (χ0) is 23.3. The van der Waals surface area contributed by atoms with E-state index in [1.54, 1.807) is 30.3 Å². The summed E-state index contributed by atoms with van der Waals surface area (Å²) in [6.07, 6.45) is 1.75. The summed E-state index contributed by atoms with van der Waals surface area (Å²) in [5.74, 6) is 0.524. The van der Waals surface area contributed by atoms with Gasteiger partial charge in [-0.15, -0.1) is 0 Å². The van der Waals surface area contributed by atoms with E-state index in [0.29, 0.717) is 52.3 Å². The zero-order valence-corrected chi connectivity index (χ0v) is 18.3. The number of aryl methyl sites for hydroxylation is 1. The van der Waals surface area contributed by atoms with Crippen molar-refractivity contribution in [2.75, 3.05) is 11.8 Å². The van der Waals surface area contributed by atoms with Gasteiger partial charge in [-0.25, -0.2) is 8.42 Å². The first-order valence-corrected chi connectivity index (χ1v) is 11.6. The molecule has 1 N–H and O–H groups in total. The molecule has 0 spiro atoms. The summed E-state index contributed by atoms with van der Waals surface area (Å²) in [4.78, 5) is 23.0. The molecule has 1 aliphatic carbocycles. The Morgan fingerprint density at radius 2 is 1.82 bits per heavy atom. The number of fused-ring (bicyclic) bond motifs is 5. The normalized spacial score (nSPS) is 13.8. The number of nitrogens with zero attached hydrogens (tertiary/aromatic N) is 1. The molecule has 33 heavy (non-hydrogen) atoms. The van der Waals surface area contributed by atoms with Gasteiger partial charge in [0, 0.05) is 35.1 Å². The van der Waals surface area contributed by atoms with E-state index in [-0.39, 0.29) is 22.1 Å². The smallest absolute Gasteiger partial charge is 0.312 e. The molecule has 0 bridgehead atoms. The molecule has 5 rings (SSSR count). The molecule has 0 fully saturated rings. The van der Waals surface area contributed by atoms with Gasteiger partial charge in [0.1, 0.15) is 11.3 Å². The summed E-state index contributed by atoms with van der Waals surface area (Å²) >= 11 is 0. The SMILES string of the molecule is COc1ccc(S(=O)(=O)Nc2cc3c4c(oc3c3ccccc23)CCCC4=O)cc1[N+](=O)[O-]. The number of ether oxygens (including phenoxy) is 1. The Kier molecular flexibility index (Phi) is 4.82. The number of hydrogen-bond donors (Lipinski definition) is 1. The van der Waals surface area contributed by atoms with Crippen LogP contribution in [0.2, 0.25) is 0 Å². The van der Waals surface area contributed by atoms with E-state index in [4.69, 9.17) is 9.15 Å². The lowest BCUT2D eigenvalue weighted by Crippen LogP contribution is -2.14. The maximum absolute atomic E-state index is 13.2. The third-order valence-electron chi connectivity index (χ3n) is 5.76. The molecule has 0 saturated carbocycles. The molecule has 0 saturated heterocycles. The van der Waals surface area contributed by atoms with Gasteiger partial charge in [-0.2, -0.15) is 0 Å². The van der Waals surface area contributed by atoms with E-state index >= 15 is 0 Å². The summed E-state index contributed by atoms with van der Waals surface area (Å²) in [5, 5.41) is 13.1. The largest absolute Gasteiger partial charge is 0.490 e. The number of carbonyl (C=O) groups is 1. The second-order valence-electron chi connectivity index (χ2n) is 7.72. The van der Waals surface area contributed by atoms with Gasteiger partial charge in [0.2, 0.25) is 0 Å². The number of nitro benzene ring substituents is 1. The molecule has 0 unspecified atom stereocenters. The maximum Gasteiger partial charge on any atom is 0.312 e. The van der Waals surface area contributed by atoms with Crippen LogP contribution in [0, 0.1) is 10.1 Å². The average Bonchev–Trinajstić information content (AvgIpc) is 3.18. The zero-order valence-electron chi connectivity index (χ0n) is 17.5. The predicted octanol–water partition coefficient (Wildman–Crippen LogP) is 4.82. The van der Waals surface area contributed by atoms with Crippen LogP contribution in [0.1, 0.15) is 29.0 Å². The predicted molar refractivity (Wildman–Crippen MR) is 121 cm³/mol. The number of anilines is 1. The number of Topliss-reactive ketones (excluding diaryl/α,β-unsaturated/α-hetero) is 1. The van der Waals surface area contributed by atoms with Crippen molar-refractivity contribution in [1.82, 2.24) is 0 Å². The van der Waals surface area contributed by atoms with Crippen LogP contribution in [-0.4, -0.2) is 26.2 Å². The van der Waals surface area contributed by atoms with Crippen LogP contribution in [-0.2, 0) is 16.4 Å². The number of nitrogens with one attached hydrogen (secondary N) is 1. The van der Waals surface area contributed by atoms with E-state index in [0.717, 1.165) is 6.07 Å². The van der Waals surface area contributed by atoms with Crippen LogP contribution in [0.5, 0.6) is 5.75 Å². The third kappa shape index (κ3) is 3.39. The lowest BCUT2D eigenvalue weighted by molar-refractivity contribution is -0.386. The lowest BCUT2D eigenvalue weighted by Gasteiger charge is -2.13. The van der Waals surface area contributed by atoms with Crippen molar-refractivity contribution >= 4 is 48.9 Å². The van der Waals surface area contributed by atoms with Crippen molar-refractivity contribution in [3.05, 3.63) is 70.0 Å². The Bertz CT molecular complexity index is 1570. The molecule has 0 atom stereocenters. The molecule has 168 valence electrons. The summed E-state index contributed by atoms with van der Waals surface area (Å²) < 4.78 is 39.9. The fraction of sp³-hybridized carbons (Fsp3) is 0.174. The first kappa shape index (κ1) is 21.0. The van der Waals surface area contributed by atoms with Crippen LogP contribution in [0.25, 0.3) is 21.7 Å². The van der Waals surface area contributed by atoms with E-state index in [2.05, 4.69) is 4.72 Å². The lowest BCUT2D eigenvalue weighted by atomic mass is 9.93. The second kappa shape index (κ2) is 7.59. The fourth-order valence-corrected chi connectivity index (χ4v) is 5.34. The number of methoxy groups -OCH3 is 1. The van der Waals surface area contributed by atoms with Crippen molar-refractivity contribution < 1.29 is 27.3 Å². The van der Waals surface area contributed by atoms with Crippen molar-refractivity contribution in [1.29, 1.82) is 0 Å². The molecular formula is C23H18N2O7S. The minimum absolute atomic E-state index is 0.0372. The number of carbonyl (C=O) groups excluding carboxylic acids is 1. The summed E-state index contributed by atoms with van der Waals surface area (Å²) in [6.45, 7) is 0. The standard InChI is InChI=1S/C23H18N2O7S/c1-31-20-10-9-13(11-18(20)25(27)28)33(29,30)24-17-12-16-22-19(26)7-4-8-21(22)32-23(16)15-6-3-2-5-14(15)17/h2-3,5-6,9-12,24H,4,7-8H2,1H3. The maximum atomic E-state index is 13.2. The van der Waals surface area contributed by atoms with Crippen molar-refractivity contribution in [2.45, 2.75) is 24.2 Å². The van der Waals surface area contributed by atoms with Gasteiger partial charge in [-0.05, 0) is 24.6 Å². The first-order valence-electron chi connectivity index (χ1n) is 10.2. The molecular weight excluding hydrogens is 448 g/mol. The molecule has 0 aliphatic heterocycles. The molecule has 10 heteroatoms. The highest BCUT2D eigenvalue weighted by Crippen LogP contribution is 2.40. The highest BCUT2D eigenvalue weighted by Gasteiger charge is 2.28. The van der Waals surface area contributed by atoms with Crippen LogP contribution < -0.4 is 9.46 Å². The molecule has 1 aliphatic rings. The number of sulfonamides is 1. The number of hydrogen-bond acceptors (Lipinski definition) is 7. The molecule has 3 aromatic carbocycles. The quantitative estimate of drug-likeness (QED) is 0.330. The minimum atomic E-state index is -4.20. The van der Waals surface area contributed by atoms with E-state index in [1.807, 2.05) is 0 Å². The third-order valence-corrected chi connectivity index (χ3v) is 7.12. The van der Waals surface area contributed by atoms with Gasteiger partial charge >= 0.3 is 5.69 Å². The summed E-state index contributed by atoms with van der Waals surface area (Å²) in [7, 11) is -2.93. The van der Waals surface area contributed by atoms with Gasteiger partial charge in [0.25, 0.3) is 10.0 Å². The molecule has 1 heterocycles. The Morgan fingerprint density at radius 1 is 1.06 bits per heavy atom. The van der Waals surface area contributed by atoms with E-state index in [1.165, 1.54) is 19.2 Å². The minimum Gasteiger partial charge on any atom is -0.490 e. The number of nitro groups is 1. The van der Waals surface area contributed by atoms with Crippen LogP contribution in [0.15, 0.2) is 57.8 Å². The first-order chi connectivity index (χ1) is 15.8. The van der Waals surface area contributed by atoms with E-state index in [9.17, 15) is 23.3 Å². The Balaban J connectivity index is 1.69. The Morgan fingerprint density at radius 3 is 2.55 bits per heavy atom. The monoisotopic (exact) mass is 466 g/mol. The van der Waals surface area contributed by atoms with E-state index < -0.39 is 20.6 Å². The van der Waals surface area contributed by atoms with Gasteiger partial charge < -0.3 is 9.15 Å². The second-order valence-corrected chi connectivity index (χ2v) is 9.40. The molecule has 0 radical (unpaired) electrons. The fourth-order valence-electron chi connectivity index (χ4n) is 4.25. The highest BCUT2D eigenvalue weighted by molar-refractivity contribution is 7.92. The Hall–Kier alpha value is -3.92. The van der Waals surface area contributed by atoms with Gasteiger partial charge in [-0.1, -0.05) is 24.3 Å². The van der Waals surface area contributed by atoms with Crippen molar-refractivity contribution in [3.63, 3.8) is 0 Å². The number of rotatable bonds is 5. The number of benzene rings is 3. The highest BCUT2D eigenvalue weighted by atomic mass is 32.2. The van der Waals surface area contributed by atoms with Crippen LogP contribution in [0.4, 0.5) is 11.4 Å². The van der Waals surface area contributed by atoms with Gasteiger partial charge in [0.15, 0.2) is 11.5 Å². The number of furan rings is 1. The molecule has 4 aromatic rings. The van der Waals surface area contributed by atoms with Crippen LogP contribution >= 0.6 is 0 Å². The summed E-state index contributed by atoms with van der Waals surface area (Å²) in [5.41, 5.74) is 0.810. The number of ketones is 1. The summed E-state index contributed by atoms with van der Waals surface area (Å²) in [6, 6.07) is 12.1. The van der Waals surface area contributed by atoms with Crippen molar-refractivity contribution in [2.24, 2.45) is 0 Å². The topological polar surface area (TPSA) is 129 Å². The Labute approximate surface area is 188 Å². The molecule has 0 amide bonds. The molecule has 1 aromatic heterocycles. The average molecular weight is 466 g/mol.